The first kappa shape index (κ1) is 12.2. The highest BCUT2D eigenvalue weighted by Crippen LogP contribution is 2.36. The third kappa shape index (κ3) is 2.08. The van der Waals surface area contributed by atoms with Crippen molar-refractivity contribution in [3.05, 3.63) is 17.5 Å². The van der Waals surface area contributed by atoms with Crippen LogP contribution in [0.5, 0.6) is 0 Å². The zero-order chi connectivity index (χ0) is 12.7. The number of nitrogens with two attached hydrogens (primary N) is 1. The molecule has 0 amide bonds. The first-order chi connectivity index (χ1) is 8.67. The maximum absolute atomic E-state index is 6.13. The van der Waals surface area contributed by atoms with E-state index in [-0.39, 0.29) is 0 Å². The smallest absolute Gasteiger partial charge is 0.0666 e. The Hall–Kier alpha value is -0.870. The number of aryl methyl sites for hydroxylation is 2. The Balaban J connectivity index is 1.77. The predicted molar refractivity (Wildman–Crippen MR) is 72.1 cm³/mol. The van der Waals surface area contributed by atoms with Gasteiger partial charge < -0.3 is 5.73 Å². The molecule has 3 rings (SSSR count). The van der Waals surface area contributed by atoms with Gasteiger partial charge in [0, 0.05) is 43.5 Å². The first-order valence-electron chi connectivity index (χ1n) is 7.20. The molecule has 1 aromatic rings. The summed E-state index contributed by atoms with van der Waals surface area (Å²) in [4.78, 5) is 2.68. The molecule has 100 valence electrons. The van der Waals surface area contributed by atoms with Crippen LogP contribution in [0.2, 0.25) is 0 Å². The van der Waals surface area contributed by atoms with Crippen LogP contribution in [0.1, 0.15) is 43.9 Å². The number of piperidine rings is 1. The number of fused-ring (bicyclic) bond motifs is 2. The van der Waals surface area contributed by atoms with Gasteiger partial charge in [-0.25, -0.2) is 0 Å². The van der Waals surface area contributed by atoms with Crippen molar-refractivity contribution < 1.29 is 0 Å². The Morgan fingerprint density at radius 1 is 1.33 bits per heavy atom. The molecule has 0 aliphatic carbocycles. The van der Waals surface area contributed by atoms with Crippen LogP contribution in [0.3, 0.4) is 0 Å². The Morgan fingerprint density at radius 3 is 2.61 bits per heavy atom. The van der Waals surface area contributed by atoms with E-state index in [0.717, 1.165) is 13.0 Å². The summed E-state index contributed by atoms with van der Waals surface area (Å²) in [7, 11) is 2.02. The third-order valence-corrected chi connectivity index (χ3v) is 4.60. The topological polar surface area (TPSA) is 47.1 Å². The number of nitrogens with zero attached hydrogens (tertiary/aromatic N) is 3. The van der Waals surface area contributed by atoms with Gasteiger partial charge in [-0.15, -0.1) is 0 Å². The largest absolute Gasteiger partial charge is 0.328 e. The van der Waals surface area contributed by atoms with Crippen molar-refractivity contribution in [1.29, 1.82) is 0 Å². The minimum absolute atomic E-state index is 0.429. The summed E-state index contributed by atoms with van der Waals surface area (Å²) in [5.41, 5.74) is 8.79. The van der Waals surface area contributed by atoms with Crippen LogP contribution in [0.4, 0.5) is 0 Å². The summed E-state index contributed by atoms with van der Waals surface area (Å²) in [6.07, 6.45) is 8.24. The highest BCUT2D eigenvalue weighted by Gasteiger charge is 2.39. The van der Waals surface area contributed by atoms with E-state index in [9.17, 15) is 0 Å². The van der Waals surface area contributed by atoms with Gasteiger partial charge in [0.15, 0.2) is 0 Å². The fourth-order valence-corrected chi connectivity index (χ4v) is 3.78. The highest BCUT2D eigenvalue weighted by atomic mass is 15.3. The lowest BCUT2D eigenvalue weighted by Crippen LogP contribution is -2.46. The highest BCUT2D eigenvalue weighted by molar-refractivity contribution is 5.18. The molecule has 2 aliphatic rings. The van der Waals surface area contributed by atoms with Gasteiger partial charge in [0.25, 0.3) is 0 Å². The monoisotopic (exact) mass is 248 g/mol. The standard InChI is InChI=1S/C14H24N4/c1-3-14-10(8-17(2)16-14)9-18-12-4-5-13(18)7-11(15)6-12/h8,11-13H,3-7,9,15H2,1-2H3. The van der Waals surface area contributed by atoms with Crippen LogP contribution >= 0.6 is 0 Å². The van der Waals surface area contributed by atoms with Crippen LogP contribution in [-0.4, -0.2) is 32.8 Å². The molecule has 2 bridgehead atoms. The predicted octanol–water partition coefficient (Wildman–Crippen LogP) is 1.44. The molecule has 2 aliphatic heterocycles. The van der Waals surface area contributed by atoms with Gasteiger partial charge in [-0.3, -0.25) is 9.58 Å². The maximum atomic E-state index is 6.13. The number of hydrogen-bond acceptors (Lipinski definition) is 3. The number of rotatable bonds is 3. The molecule has 2 atom stereocenters. The number of hydrogen-bond donors (Lipinski definition) is 1. The molecule has 0 radical (unpaired) electrons. The van der Waals surface area contributed by atoms with Crippen LogP contribution < -0.4 is 5.73 Å². The Kier molecular flexibility index (Phi) is 3.16. The fraction of sp³-hybridized carbons (Fsp3) is 0.786. The summed E-state index contributed by atoms with van der Waals surface area (Å²) in [5, 5.41) is 4.55. The Bertz CT molecular complexity index is 411. The zero-order valence-electron chi connectivity index (χ0n) is 11.5. The average Bonchev–Trinajstić information content (AvgIpc) is 2.79. The van der Waals surface area contributed by atoms with Gasteiger partial charge in [-0.2, -0.15) is 5.10 Å². The van der Waals surface area contributed by atoms with E-state index >= 15 is 0 Å². The summed E-state index contributed by atoms with van der Waals surface area (Å²) >= 11 is 0. The van der Waals surface area contributed by atoms with Crippen LogP contribution in [0.25, 0.3) is 0 Å². The lowest BCUT2D eigenvalue weighted by molar-refractivity contribution is 0.119. The second-order valence-corrected chi connectivity index (χ2v) is 5.92. The van der Waals surface area contributed by atoms with Crippen LogP contribution in [-0.2, 0) is 20.0 Å². The molecule has 4 heteroatoms. The van der Waals surface area contributed by atoms with E-state index < -0.39 is 0 Å². The second kappa shape index (κ2) is 4.67. The van der Waals surface area contributed by atoms with Crippen molar-refractivity contribution in [1.82, 2.24) is 14.7 Å². The summed E-state index contributed by atoms with van der Waals surface area (Å²) < 4.78 is 1.95. The van der Waals surface area contributed by atoms with Gasteiger partial charge >= 0.3 is 0 Å². The SMILES string of the molecule is CCc1nn(C)cc1CN1C2CCC1CC(N)C2. The molecule has 0 spiro atoms. The van der Waals surface area contributed by atoms with E-state index in [1.165, 1.54) is 36.9 Å². The Morgan fingerprint density at radius 2 is 2.00 bits per heavy atom. The van der Waals surface area contributed by atoms with Crippen molar-refractivity contribution in [3.63, 3.8) is 0 Å². The molecule has 2 fully saturated rings. The second-order valence-electron chi connectivity index (χ2n) is 5.92. The molecule has 4 nitrogen and oxygen atoms in total. The molecule has 2 saturated heterocycles. The molecule has 0 aromatic carbocycles. The fourth-order valence-electron chi connectivity index (χ4n) is 3.78. The van der Waals surface area contributed by atoms with Gasteiger partial charge in [-0.05, 0) is 32.1 Å². The minimum Gasteiger partial charge on any atom is -0.328 e. The molecule has 1 aromatic heterocycles. The average molecular weight is 248 g/mol. The molecule has 3 heterocycles. The maximum Gasteiger partial charge on any atom is 0.0666 e. The molecule has 18 heavy (non-hydrogen) atoms. The van der Waals surface area contributed by atoms with Crippen molar-refractivity contribution in [3.8, 4) is 0 Å². The molecule has 2 unspecified atom stereocenters. The van der Waals surface area contributed by atoms with E-state index in [0.29, 0.717) is 18.1 Å². The van der Waals surface area contributed by atoms with Crippen LogP contribution in [0, 0.1) is 0 Å². The van der Waals surface area contributed by atoms with Crippen molar-refractivity contribution in [2.75, 3.05) is 0 Å². The summed E-state index contributed by atoms with van der Waals surface area (Å²) in [6.45, 7) is 3.26. The van der Waals surface area contributed by atoms with E-state index in [1.807, 2.05) is 11.7 Å². The zero-order valence-corrected chi connectivity index (χ0v) is 11.5. The Labute approximate surface area is 109 Å². The van der Waals surface area contributed by atoms with Crippen LogP contribution in [0.15, 0.2) is 6.20 Å². The lowest BCUT2D eigenvalue weighted by atomic mass is 9.97. The normalized spacial score (nSPS) is 32.1. The van der Waals surface area contributed by atoms with E-state index in [1.54, 1.807) is 0 Å². The van der Waals surface area contributed by atoms with E-state index in [2.05, 4.69) is 23.1 Å². The third-order valence-electron chi connectivity index (χ3n) is 4.60. The van der Waals surface area contributed by atoms with Gasteiger partial charge in [0.1, 0.15) is 0 Å². The first-order valence-corrected chi connectivity index (χ1v) is 7.20. The van der Waals surface area contributed by atoms with Crippen molar-refractivity contribution in [2.45, 2.75) is 63.7 Å². The van der Waals surface area contributed by atoms with Crippen molar-refractivity contribution >= 4 is 0 Å². The van der Waals surface area contributed by atoms with Crippen molar-refractivity contribution in [2.24, 2.45) is 12.8 Å². The number of aromatic nitrogens is 2. The molecule has 2 N–H and O–H groups in total. The summed E-state index contributed by atoms with van der Waals surface area (Å²) in [6, 6.07) is 1.85. The van der Waals surface area contributed by atoms with Gasteiger partial charge in [0.05, 0.1) is 5.69 Å². The summed E-state index contributed by atoms with van der Waals surface area (Å²) in [5.74, 6) is 0. The quantitative estimate of drug-likeness (QED) is 0.880. The van der Waals surface area contributed by atoms with Gasteiger partial charge in [0.2, 0.25) is 0 Å². The lowest BCUT2D eigenvalue weighted by Gasteiger charge is -2.37. The minimum atomic E-state index is 0.429. The van der Waals surface area contributed by atoms with Gasteiger partial charge in [-0.1, -0.05) is 6.92 Å². The molecular formula is C14H24N4. The molecule has 0 saturated carbocycles. The van der Waals surface area contributed by atoms with E-state index in [4.69, 9.17) is 5.73 Å². The molecular weight excluding hydrogens is 224 g/mol.